The Kier molecular flexibility index (Phi) is 7.26. The lowest BCUT2D eigenvalue weighted by Crippen LogP contribution is -2.37. The van der Waals surface area contributed by atoms with Crippen LogP contribution in [0.5, 0.6) is 5.75 Å². The maximum atomic E-state index is 9.05. The molecule has 4 N–H and O–H groups in total. The van der Waals surface area contributed by atoms with Crippen molar-refractivity contribution in [3.8, 4) is 11.8 Å². The molecule has 0 aliphatic heterocycles. The maximum Gasteiger partial charge on any atom is 0.229 e. The van der Waals surface area contributed by atoms with Crippen LogP contribution in [0.4, 0.5) is 23.1 Å². The highest BCUT2D eigenvalue weighted by atomic mass is 16.5. The lowest BCUT2D eigenvalue weighted by atomic mass is 10.2. The van der Waals surface area contributed by atoms with E-state index in [9.17, 15) is 0 Å². The number of hydrazine groups is 2. The van der Waals surface area contributed by atoms with Gasteiger partial charge in [-0.25, -0.2) is 15.9 Å². The van der Waals surface area contributed by atoms with Crippen LogP contribution in [0.1, 0.15) is 11.1 Å². The Morgan fingerprint density at radius 1 is 1.03 bits per heavy atom. The molecule has 178 valence electrons. The highest BCUT2D eigenvalue weighted by Crippen LogP contribution is 2.28. The number of hydrogen-bond donors (Lipinski definition) is 3. The summed E-state index contributed by atoms with van der Waals surface area (Å²) in [5, 5.41) is 14.5. The number of nitrogens with zero attached hydrogens (tertiary/aromatic N) is 5. The van der Waals surface area contributed by atoms with Crippen LogP contribution in [0.15, 0.2) is 66.7 Å². The van der Waals surface area contributed by atoms with Crippen LogP contribution < -0.4 is 26.4 Å². The number of anilines is 4. The highest BCUT2D eigenvalue weighted by molar-refractivity contribution is 5.91. The minimum atomic E-state index is 0.383. The van der Waals surface area contributed by atoms with Gasteiger partial charge in [0.2, 0.25) is 5.95 Å². The third kappa shape index (κ3) is 5.95. The Hall–Kier alpha value is -4.39. The van der Waals surface area contributed by atoms with Gasteiger partial charge in [-0.3, -0.25) is 5.43 Å². The molecule has 0 atom stereocenters. The van der Waals surface area contributed by atoms with Crippen molar-refractivity contribution in [2.45, 2.75) is 6.92 Å². The summed E-state index contributed by atoms with van der Waals surface area (Å²) in [7, 11) is 4.01. The lowest BCUT2D eigenvalue weighted by Gasteiger charge is -2.23. The molecule has 0 aliphatic rings. The number of hydrogen-bond acceptors (Lipinski definition) is 9. The number of nitriles is 1. The average molecular weight is 469 g/mol. The fourth-order valence-electron chi connectivity index (χ4n) is 3.45. The Bertz CT molecular complexity index is 1350. The van der Waals surface area contributed by atoms with E-state index in [-0.39, 0.29) is 0 Å². The van der Waals surface area contributed by atoms with Gasteiger partial charge in [-0.15, -0.1) is 0 Å². The largest absolute Gasteiger partial charge is 0.492 e. The first kappa shape index (κ1) is 23.8. The minimum absolute atomic E-state index is 0.383. The van der Waals surface area contributed by atoms with Gasteiger partial charge in [0, 0.05) is 23.7 Å². The molecule has 0 fully saturated rings. The molecule has 0 aliphatic carbocycles. The number of aryl methyl sites for hydroxylation is 1. The van der Waals surface area contributed by atoms with Gasteiger partial charge in [0.05, 0.1) is 22.8 Å². The molecule has 0 radical (unpaired) electrons. The summed E-state index contributed by atoms with van der Waals surface area (Å²) in [6.07, 6.45) is 0. The fraction of sp³-hybridized carbons (Fsp3) is 0.192. The number of nitrogens with one attached hydrogen (secondary N) is 2. The standard InChI is InChI=1S/C26H28N8O/c1-18-6-4-5-7-24(18)34(28)32-25-22-13-12-21(35-15-14-33(2)3)16-23(22)30-26(31-25)29-20-10-8-19(17-27)9-11-20/h4-13,16H,14-15,28H2,1-3H3,(H2,29,30,31,32). The molecule has 4 aromatic rings. The quantitative estimate of drug-likeness (QED) is 0.245. The van der Waals surface area contributed by atoms with Gasteiger partial charge >= 0.3 is 0 Å². The molecule has 4 rings (SSSR count). The van der Waals surface area contributed by atoms with Gasteiger partial charge in [0.15, 0.2) is 5.82 Å². The lowest BCUT2D eigenvalue weighted by molar-refractivity contribution is 0.261. The molecule has 0 spiro atoms. The summed E-state index contributed by atoms with van der Waals surface area (Å²) in [6, 6.07) is 22.7. The molecule has 0 saturated carbocycles. The fourth-order valence-corrected chi connectivity index (χ4v) is 3.45. The highest BCUT2D eigenvalue weighted by Gasteiger charge is 2.13. The number of likely N-dealkylation sites (N-methyl/N-ethyl adjacent to an activating group) is 1. The van der Waals surface area contributed by atoms with Crippen LogP contribution in [0.2, 0.25) is 0 Å². The summed E-state index contributed by atoms with van der Waals surface area (Å²) in [5.41, 5.74) is 7.07. The molecule has 35 heavy (non-hydrogen) atoms. The molecule has 1 aromatic heterocycles. The Labute approximate surface area is 204 Å². The van der Waals surface area contributed by atoms with Crippen molar-refractivity contribution in [3.05, 3.63) is 77.9 Å². The number of nitrogens with two attached hydrogens (primary N) is 1. The predicted octanol–water partition coefficient (Wildman–Crippen LogP) is 4.20. The number of para-hydroxylation sites is 1. The topological polar surface area (TPSA) is 115 Å². The molecule has 9 heteroatoms. The van der Waals surface area contributed by atoms with Gasteiger partial charge in [0.1, 0.15) is 12.4 Å². The van der Waals surface area contributed by atoms with Crippen molar-refractivity contribution in [2.24, 2.45) is 5.84 Å². The Morgan fingerprint density at radius 3 is 2.51 bits per heavy atom. The van der Waals surface area contributed by atoms with Crippen LogP contribution in [-0.2, 0) is 0 Å². The van der Waals surface area contributed by atoms with Crippen molar-refractivity contribution in [1.29, 1.82) is 5.26 Å². The van der Waals surface area contributed by atoms with E-state index < -0.39 is 0 Å². The number of ether oxygens (including phenoxy) is 1. The molecule has 3 aromatic carbocycles. The van der Waals surface area contributed by atoms with Crippen molar-refractivity contribution in [1.82, 2.24) is 14.9 Å². The molecule has 0 amide bonds. The third-order valence-corrected chi connectivity index (χ3v) is 5.35. The monoisotopic (exact) mass is 468 g/mol. The second kappa shape index (κ2) is 10.7. The smallest absolute Gasteiger partial charge is 0.229 e. The molecule has 0 unspecified atom stereocenters. The molecule has 9 nitrogen and oxygen atoms in total. The van der Waals surface area contributed by atoms with E-state index >= 15 is 0 Å². The number of benzene rings is 3. The second-order valence-electron chi connectivity index (χ2n) is 8.31. The maximum absolute atomic E-state index is 9.05. The van der Waals surface area contributed by atoms with E-state index in [0.29, 0.717) is 29.5 Å². The number of aromatic nitrogens is 2. The van der Waals surface area contributed by atoms with Crippen molar-refractivity contribution in [3.63, 3.8) is 0 Å². The first-order valence-electron chi connectivity index (χ1n) is 11.2. The second-order valence-corrected chi connectivity index (χ2v) is 8.31. The SMILES string of the molecule is Cc1ccccc1N(N)Nc1nc(Nc2ccc(C#N)cc2)nc2cc(OCCN(C)C)ccc12. The summed E-state index contributed by atoms with van der Waals surface area (Å²) in [5.74, 6) is 8.00. The van der Waals surface area contributed by atoms with Crippen LogP contribution >= 0.6 is 0 Å². The molecular weight excluding hydrogens is 440 g/mol. The third-order valence-electron chi connectivity index (χ3n) is 5.35. The summed E-state index contributed by atoms with van der Waals surface area (Å²) in [4.78, 5) is 11.4. The summed E-state index contributed by atoms with van der Waals surface area (Å²) >= 11 is 0. The first-order chi connectivity index (χ1) is 16.9. The van der Waals surface area contributed by atoms with E-state index in [4.69, 9.17) is 20.8 Å². The Morgan fingerprint density at radius 2 is 1.80 bits per heavy atom. The Balaban J connectivity index is 1.68. The van der Waals surface area contributed by atoms with Crippen LogP contribution in [0.3, 0.4) is 0 Å². The number of fused-ring (bicyclic) bond motifs is 1. The normalized spacial score (nSPS) is 10.7. The predicted molar refractivity (Wildman–Crippen MR) is 139 cm³/mol. The van der Waals surface area contributed by atoms with Gasteiger partial charge in [0.25, 0.3) is 0 Å². The van der Waals surface area contributed by atoms with Gasteiger partial charge < -0.3 is 15.0 Å². The van der Waals surface area contributed by atoms with Gasteiger partial charge in [-0.05, 0) is 69.0 Å². The van der Waals surface area contributed by atoms with Crippen LogP contribution in [-0.4, -0.2) is 42.1 Å². The zero-order valence-corrected chi connectivity index (χ0v) is 20.0. The zero-order valence-electron chi connectivity index (χ0n) is 20.0. The summed E-state index contributed by atoms with van der Waals surface area (Å²) in [6.45, 7) is 3.36. The molecule has 1 heterocycles. The van der Waals surface area contributed by atoms with Crippen LogP contribution in [0.25, 0.3) is 10.9 Å². The van der Waals surface area contributed by atoms with Gasteiger partial charge in [-0.1, -0.05) is 18.2 Å². The van der Waals surface area contributed by atoms with Crippen molar-refractivity contribution in [2.75, 3.05) is 43.1 Å². The molecular formula is C26H28N8O. The zero-order chi connectivity index (χ0) is 24.8. The van der Waals surface area contributed by atoms with Crippen molar-refractivity contribution >= 4 is 34.0 Å². The number of rotatable bonds is 9. The van der Waals surface area contributed by atoms with E-state index in [1.807, 2.05) is 75.6 Å². The molecule has 0 saturated heterocycles. The average Bonchev–Trinajstić information content (AvgIpc) is 2.84. The van der Waals surface area contributed by atoms with E-state index in [1.165, 1.54) is 5.12 Å². The van der Waals surface area contributed by atoms with E-state index in [0.717, 1.165) is 34.6 Å². The van der Waals surface area contributed by atoms with Crippen molar-refractivity contribution < 1.29 is 4.74 Å². The first-order valence-corrected chi connectivity index (χ1v) is 11.2. The summed E-state index contributed by atoms with van der Waals surface area (Å²) < 4.78 is 5.91. The van der Waals surface area contributed by atoms with E-state index in [2.05, 4.69) is 26.7 Å². The van der Waals surface area contributed by atoms with Gasteiger partial charge in [-0.2, -0.15) is 10.2 Å². The molecule has 0 bridgehead atoms. The van der Waals surface area contributed by atoms with Crippen LogP contribution in [0, 0.1) is 18.3 Å². The van der Waals surface area contributed by atoms with E-state index in [1.54, 1.807) is 12.1 Å². The minimum Gasteiger partial charge on any atom is -0.492 e.